The zero-order chi connectivity index (χ0) is 16.7. The van der Waals surface area contributed by atoms with Gasteiger partial charge in [0.15, 0.2) is 11.5 Å². The van der Waals surface area contributed by atoms with Crippen LogP contribution in [-0.2, 0) is 16.1 Å². The number of rotatable bonds is 5. The average molecular weight is 313 g/mol. The summed E-state index contributed by atoms with van der Waals surface area (Å²) in [6, 6.07) is 14.0. The van der Waals surface area contributed by atoms with Crippen LogP contribution in [0.4, 0.5) is 4.79 Å². The molecule has 0 fully saturated rings. The van der Waals surface area contributed by atoms with Gasteiger partial charge in [0.05, 0.1) is 25.9 Å². The standard InChI is InChI=1S/C17H15NO5/c1-20-15-7-6-13(11-22-17(19)21-2)9-16(15)23-14-5-3-4-12(8-14)10-18/h3-9H,11H2,1-2H3. The van der Waals surface area contributed by atoms with Crippen molar-refractivity contribution in [3.8, 4) is 23.3 Å². The maximum absolute atomic E-state index is 11.0. The first-order valence-electron chi connectivity index (χ1n) is 6.72. The van der Waals surface area contributed by atoms with E-state index in [0.717, 1.165) is 0 Å². The Morgan fingerprint density at radius 2 is 1.96 bits per heavy atom. The minimum absolute atomic E-state index is 0.0469. The van der Waals surface area contributed by atoms with Crippen molar-refractivity contribution >= 4 is 6.16 Å². The molecule has 0 spiro atoms. The van der Waals surface area contributed by atoms with Crippen LogP contribution in [0.1, 0.15) is 11.1 Å². The molecule has 0 saturated carbocycles. The zero-order valence-electron chi connectivity index (χ0n) is 12.7. The second kappa shape index (κ2) is 7.71. The van der Waals surface area contributed by atoms with Gasteiger partial charge in [-0.2, -0.15) is 5.26 Å². The smallest absolute Gasteiger partial charge is 0.493 e. The lowest BCUT2D eigenvalue weighted by Crippen LogP contribution is -2.04. The van der Waals surface area contributed by atoms with Gasteiger partial charge in [0.2, 0.25) is 0 Å². The van der Waals surface area contributed by atoms with Crippen molar-refractivity contribution in [1.29, 1.82) is 5.26 Å². The van der Waals surface area contributed by atoms with Gasteiger partial charge in [-0.3, -0.25) is 0 Å². The third-order valence-electron chi connectivity index (χ3n) is 2.94. The van der Waals surface area contributed by atoms with Crippen molar-refractivity contribution in [2.75, 3.05) is 14.2 Å². The summed E-state index contributed by atoms with van der Waals surface area (Å²) in [7, 11) is 2.77. The second-order valence-corrected chi connectivity index (χ2v) is 4.47. The van der Waals surface area contributed by atoms with Gasteiger partial charge in [-0.05, 0) is 35.9 Å². The quantitative estimate of drug-likeness (QED) is 0.784. The molecule has 118 valence electrons. The molecular formula is C17H15NO5. The van der Waals surface area contributed by atoms with Gasteiger partial charge >= 0.3 is 6.16 Å². The van der Waals surface area contributed by atoms with Gasteiger partial charge < -0.3 is 18.9 Å². The third-order valence-corrected chi connectivity index (χ3v) is 2.94. The number of ether oxygens (including phenoxy) is 4. The molecule has 0 bridgehead atoms. The summed E-state index contributed by atoms with van der Waals surface area (Å²) in [5.74, 6) is 1.48. The van der Waals surface area contributed by atoms with E-state index in [-0.39, 0.29) is 6.61 Å². The fourth-order valence-electron chi connectivity index (χ4n) is 1.85. The Morgan fingerprint density at radius 1 is 1.13 bits per heavy atom. The molecule has 0 atom stereocenters. The van der Waals surface area contributed by atoms with Crippen LogP contribution in [-0.4, -0.2) is 20.4 Å². The van der Waals surface area contributed by atoms with Crippen molar-refractivity contribution in [3.63, 3.8) is 0 Å². The van der Waals surface area contributed by atoms with Crippen LogP contribution in [0.2, 0.25) is 0 Å². The highest BCUT2D eigenvalue weighted by atomic mass is 16.7. The lowest BCUT2D eigenvalue weighted by Gasteiger charge is -2.12. The van der Waals surface area contributed by atoms with Gasteiger partial charge in [0.1, 0.15) is 12.4 Å². The topological polar surface area (TPSA) is 77.8 Å². The largest absolute Gasteiger partial charge is 0.508 e. The summed E-state index contributed by atoms with van der Waals surface area (Å²) in [6.45, 7) is 0.0469. The molecule has 2 aromatic rings. The summed E-state index contributed by atoms with van der Waals surface area (Å²) in [4.78, 5) is 11.0. The highest BCUT2D eigenvalue weighted by Crippen LogP contribution is 2.32. The van der Waals surface area contributed by atoms with E-state index in [9.17, 15) is 4.79 Å². The van der Waals surface area contributed by atoms with Crippen LogP contribution in [0.5, 0.6) is 17.2 Å². The first-order chi connectivity index (χ1) is 11.2. The maximum Gasteiger partial charge on any atom is 0.508 e. The van der Waals surface area contributed by atoms with Crippen LogP contribution in [0.25, 0.3) is 0 Å². The van der Waals surface area contributed by atoms with E-state index in [1.54, 1.807) is 42.5 Å². The highest BCUT2D eigenvalue weighted by molar-refractivity contribution is 5.59. The molecular weight excluding hydrogens is 298 g/mol. The number of hydrogen-bond donors (Lipinski definition) is 0. The van der Waals surface area contributed by atoms with Gasteiger partial charge in [0, 0.05) is 0 Å². The molecule has 6 heteroatoms. The Morgan fingerprint density at radius 3 is 2.65 bits per heavy atom. The van der Waals surface area contributed by atoms with E-state index in [1.165, 1.54) is 14.2 Å². The Labute approximate surface area is 133 Å². The van der Waals surface area contributed by atoms with Gasteiger partial charge in [-0.15, -0.1) is 0 Å². The number of methoxy groups -OCH3 is 2. The molecule has 0 unspecified atom stereocenters. The first kappa shape index (κ1) is 16.2. The summed E-state index contributed by atoms with van der Waals surface area (Å²) < 4.78 is 20.3. The molecule has 0 aliphatic heterocycles. The van der Waals surface area contributed by atoms with Crippen molar-refractivity contribution in [3.05, 3.63) is 53.6 Å². The zero-order valence-corrected chi connectivity index (χ0v) is 12.7. The molecule has 0 aliphatic rings. The Bertz CT molecular complexity index is 736. The second-order valence-electron chi connectivity index (χ2n) is 4.47. The molecule has 0 N–H and O–H groups in total. The van der Waals surface area contributed by atoms with Crippen LogP contribution in [0.15, 0.2) is 42.5 Å². The summed E-state index contributed by atoms with van der Waals surface area (Å²) in [6.07, 6.45) is -0.759. The predicted molar refractivity (Wildman–Crippen MR) is 81.4 cm³/mol. The number of nitriles is 1. The molecule has 23 heavy (non-hydrogen) atoms. The normalized spacial score (nSPS) is 9.61. The fourth-order valence-corrected chi connectivity index (χ4v) is 1.85. The first-order valence-corrected chi connectivity index (χ1v) is 6.72. The molecule has 0 aromatic heterocycles. The molecule has 0 radical (unpaired) electrons. The Hall–Kier alpha value is -3.20. The Balaban J connectivity index is 2.21. The van der Waals surface area contributed by atoms with Crippen LogP contribution >= 0.6 is 0 Å². The van der Waals surface area contributed by atoms with E-state index >= 15 is 0 Å². The van der Waals surface area contributed by atoms with Crippen LogP contribution in [0.3, 0.4) is 0 Å². The molecule has 0 amide bonds. The highest BCUT2D eigenvalue weighted by Gasteiger charge is 2.09. The monoisotopic (exact) mass is 313 g/mol. The van der Waals surface area contributed by atoms with Crippen molar-refractivity contribution < 1.29 is 23.7 Å². The van der Waals surface area contributed by atoms with Crippen LogP contribution < -0.4 is 9.47 Å². The SMILES string of the molecule is COC(=O)OCc1ccc(OC)c(Oc2cccc(C#N)c2)c1. The minimum atomic E-state index is -0.759. The van der Waals surface area contributed by atoms with E-state index in [4.69, 9.17) is 19.5 Å². The van der Waals surface area contributed by atoms with Gasteiger partial charge in [-0.25, -0.2) is 4.79 Å². The maximum atomic E-state index is 11.0. The number of carbonyl (C=O) groups is 1. The van der Waals surface area contributed by atoms with E-state index in [1.807, 2.05) is 6.07 Å². The predicted octanol–water partition coefficient (Wildman–Crippen LogP) is 3.64. The third kappa shape index (κ3) is 4.38. The van der Waals surface area contributed by atoms with Crippen molar-refractivity contribution in [1.82, 2.24) is 0 Å². The number of nitrogens with zero attached hydrogens (tertiary/aromatic N) is 1. The molecule has 2 aromatic carbocycles. The Kier molecular flexibility index (Phi) is 5.42. The lowest BCUT2D eigenvalue weighted by molar-refractivity contribution is 0.0668. The molecule has 2 rings (SSSR count). The summed E-state index contributed by atoms with van der Waals surface area (Å²) >= 11 is 0. The number of carbonyl (C=O) groups excluding carboxylic acids is 1. The van der Waals surface area contributed by atoms with Crippen molar-refractivity contribution in [2.45, 2.75) is 6.61 Å². The van der Waals surface area contributed by atoms with E-state index in [2.05, 4.69) is 4.74 Å². The fraction of sp³-hybridized carbons (Fsp3) is 0.176. The molecule has 0 heterocycles. The number of benzene rings is 2. The molecule has 0 saturated heterocycles. The molecule has 0 aliphatic carbocycles. The van der Waals surface area contributed by atoms with Crippen LogP contribution in [0, 0.1) is 11.3 Å². The van der Waals surface area contributed by atoms with Gasteiger partial charge in [-0.1, -0.05) is 12.1 Å². The molecule has 6 nitrogen and oxygen atoms in total. The number of hydrogen-bond acceptors (Lipinski definition) is 6. The van der Waals surface area contributed by atoms with E-state index < -0.39 is 6.16 Å². The van der Waals surface area contributed by atoms with Crippen molar-refractivity contribution in [2.24, 2.45) is 0 Å². The van der Waals surface area contributed by atoms with Gasteiger partial charge in [0.25, 0.3) is 0 Å². The lowest BCUT2D eigenvalue weighted by atomic mass is 10.2. The summed E-state index contributed by atoms with van der Waals surface area (Å²) in [5.41, 5.74) is 1.20. The summed E-state index contributed by atoms with van der Waals surface area (Å²) in [5, 5.41) is 8.93. The average Bonchev–Trinajstić information content (AvgIpc) is 2.60. The van der Waals surface area contributed by atoms with E-state index in [0.29, 0.717) is 28.4 Å². The minimum Gasteiger partial charge on any atom is -0.493 e.